The molecule has 2 aromatic rings. The monoisotopic (exact) mass is 650 g/mol. The standard InChI is InChI=1S/C33H43FN8O5/c1-8-29(44)36-24-17-25(28(46-7)18-26(24)40(5)14-13-39(3)4)37-33-35-19-23(32(45)47-9-2)31(38-33)42(20-43)27-16-22(34)15-21-11-10-12-41(6)30(21)27/h8,15-17,19-20,26H,1,9-14,18H2,2-7H3,(H,36,44)(H,35,37,38). The number of nitrogens with zero attached hydrogens (tertiary/aromatic N) is 6. The van der Waals surface area contributed by atoms with Gasteiger partial charge in [0.15, 0.2) is 5.82 Å². The van der Waals surface area contributed by atoms with E-state index in [1.54, 1.807) is 20.1 Å². The molecule has 0 saturated heterocycles. The first-order valence-electron chi connectivity index (χ1n) is 15.4. The number of nitrogens with one attached hydrogen (secondary N) is 2. The van der Waals surface area contributed by atoms with Crippen LogP contribution in [0, 0.1) is 5.82 Å². The summed E-state index contributed by atoms with van der Waals surface area (Å²) in [5, 5.41) is 6.04. The number of aryl methyl sites for hydroxylation is 1. The van der Waals surface area contributed by atoms with E-state index in [0.29, 0.717) is 48.6 Å². The predicted octanol–water partition coefficient (Wildman–Crippen LogP) is 3.19. The number of esters is 1. The number of hydrogen-bond donors (Lipinski definition) is 2. The van der Waals surface area contributed by atoms with E-state index in [-0.39, 0.29) is 41.6 Å². The molecule has 252 valence electrons. The number of hydrogen-bond acceptors (Lipinski definition) is 11. The molecule has 2 heterocycles. The first kappa shape index (κ1) is 35.0. The molecule has 1 aliphatic carbocycles. The average molecular weight is 651 g/mol. The number of allylic oxidation sites excluding steroid dienone is 1. The lowest BCUT2D eigenvalue weighted by molar-refractivity contribution is -0.116. The third-order valence-electron chi connectivity index (χ3n) is 8.03. The lowest BCUT2D eigenvalue weighted by Crippen LogP contribution is -2.44. The number of amides is 2. The molecule has 2 N–H and O–H groups in total. The maximum Gasteiger partial charge on any atom is 0.343 e. The van der Waals surface area contributed by atoms with Crippen molar-refractivity contribution < 1.29 is 28.2 Å². The summed E-state index contributed by atoms with van der Waals surface area (Å²) in [5.74, 6) is -1.14. The van der Waals surface area contributed by atoms with Crippen LogP contribution in [0.3, 0.4) is 0 Å². The molecular weight excluding hydrogens is 607 g/mol. The minimum atomic E-state index is -0.744. The van der Waals surface area contributed by atoms with Gasteiger partial charge in [-0.15, -0.1) is 0 Å². The van der Waals surface area contributed by atoms with Crippen molar-refractivity contribution in [2.24, 2.45) is 0 Å². The Morgan fingerprint density at radius 1 is 1.23 bits per heavy atom. The fourth-order valence-corrected chi connectivity index (χ4v) is 5.63. The molecule has 1 unspecified atom stereocenters. The van der Waals surface area contributed by atoms with Gasteiger partial charge < -0.3 is 29.9 Å². The largest absolute Gasteiger partial charge is 0.499 e. The number of halogens is 1. The summed E-state index contributed by atoms with van der Waals surface area (Å²) in [6, 6.07) is 2.48. The summed E-state index contributed by atoms with van der Waals surface area (Å²) in [5.41, 5.74) is 2.63. The van der Waals surface area contributed by atoms with Crippen molar-refractivity contribution in [3.63, 3.8) is 0 Å². The highest BCUT2D eigenvalue weighted by molar-refractivity contribution is 6.02. The van der Waals surface area contributed by atoms with E-state index in [1.165, 1.54) is 24.4 Å². The van der Waals surface area contributed by atoms with Crippen molar-refractivity contribution in [3.05, 3.63) is 71.2 Å². The highest BCUT2D eigenvalue weighted by Gasteiger charge is 2.31. The Labute approximate surface area is 274 Å². The minimum absolute atomic E-state index is 0.0214. The van der Waals surface area contributed by atoms with Crippen LogP contribution in [-0.4, -0.2) is 106 Å². The van der Waals surface area contributed by atoms with Crippen LogP contribution in [0.25, 0.3) is 0 Å². The molecule has 1 atom stereocenters. The molecule has 47 heavy (non-hydrogen) atoms. The summed E-state index contributed by atoms with van der Waals surface area (Å²) in [4.78, 5) is 54.5. The van der Waals surface area contributed by atoms with Crippen molar-refractivity contribution in [1.82, 2.24) is 25.1 Å². The van der Waals surface area contributed by atoms with Gasteiger partial charge in [0.05, 0.1) is 36.8 Å². The number of carbonyl (C=O) groups is 3. The molecule has 2 aliphatic rings. The molecule has 0 saturated carbocycles. The van der Waals surface area contributed by atoms with E-state index in [4.69, 9.17) is 9.47 Å². The summed E-state index contributed by atoms with van der Waals surface area (Å²) < 4.78 is 25.9. The maximum absolute atomic E-state index is 14.9. The Balaban J connectivity index is 1.79. The smallest absolute Gasteiger partial charge is 0.343 e. The first-order chi connectivity index (χ1) is 22.5. The molecule has 0 radical (unpaired) electrons. The van der Waals surface area contributed by atoms with E-state index in [9.17, 15) is 18.8 Å². The molecule has 13 nitrogen and oxygen atoms in total. The van der Waals surface area contributed by atoms with Crippen LogP contribution in [-0.2, 0) is 25.5 Å². The van der Waals surface area contributed by atoms with Crippen molar-refractivity contribution >= 4 is 41.4 Å². The second kappa shape index (κ2) is 15.6. The summed E-state index contributed by atoms with van der Waals surface area (Å²) in [6.45, 7) is 7.54. The van der Waals surface area contributed by atoms with Crippen LogP contribution in [0.2, 0.25) is 0 Å². The zero-order valence-corrected chi connectivity index (χ0v) is 27.8. The number of likely N-dealkylation sites (N-methyl/N-ethyl adjacent to an activating group) is 2. The first-order valence-corrected chi connectivity index (χ1v) is 15.4. The van der Waals surface area contributed by atoms with Crippen molar-refractivity contribution in [2.75, 3.05) is 76.7 Å². The quantitative estimate of drug-likeness (QED) is 0.178. The summed E-state index contributed by atoms with van der Waals surface area (Å²) >= 11 is 0. The van der Waals surface area contributed by atoms with Gasteiger partial charge in [0.25, 0.3) is 0 Å². The Bertz CT molecular complexity index is 1580. The van der Waals surface area contributed by atoms with Crippen molar-refractivity contribution in [3.8, 4) is 0 Å². The number of carbonyl (C=O) groups excluding carboxylic acids is 3. The highest BCUT2D eigenvalue weighted by Crippen LogP contribution is 2.40. The SMILES string of the molecule is C=CC(=O)NC1=CC(Nc2ncc(C(=O)OCC)c(N(C=O)c3cc(F)cc4c3N(C)CCC4)n2)=C(OC)CC1N(C)CCN(C)C. The molecule has 0 spiro atoms. The number of anilines is 4. The summed E-state index contributed by atoms with van der Waals surface area (Å²) in [6.07, 6.45) is 6.54. The molecule has 1 aromatic heterocycles. The fraction of sp³-hybridized carbons (Fsp3) is 0.424. The summed E-state index contributed by atoms with van der Waals surface area (Å²) in [7, 11) is 9.35. The number of aromatic nitrogens is 2. The number of rotatable bonds is 14. The van der Waals surface area contributed by atoms with Crippen LogP contribution in [0.15, 0.2) is 54.2 Å². The van der Waals surface area contributed by atoms with E-state index < -0.39 is 11.8 Å². The number of benzene rings is 1. The Morgan fingerprint density at radius 2 is 2.00 bits per heavy atom. The maximum atomic E-state index is 14.9. The normalized spacial score (nSPS) is 16.0. The van der Waals surface area contributed by atoms with Gasteiger partial charge in [-0.1, -0.05) is 6.58 Å². The van der Waals surface area contributed by atoms with Crippen molar-refractivity contribution in [2.45, 2.75) is 32.2 Å². The molecule has 0 fully saturated rings. The molecule has 1 aliphatic heterocycles. The van der Waals surface area contributed by atoms with Gasteiger partial charge in [-0.3, -0.25) is 19.4 Å². The predicted molar refractivity (Wildman–Crippen MR) is 178 cm³/mol. The molecule has 1 aromatic carbocycles. The van der Waals surface area contributed by atoms with E-state index in [1.807, 2.05) is 33.1 Å². The molecule has 2 amide bonds. The van der Waals surface area contributed by atoms with Crippen LogP contribution < -0.4 is 20.4 Å². The molecule has 0 bridgehead atoms. The van der Waals surface area contributed by atoms with Gasteiger partial charge in [0, 0.05) is 51.1 Å². The van der Waals surface area contributed by atoms with Gasteiger partial charge in [-0.25, -0.2) is 14.2 Å². The highest BCUT2D eigenvalue weighted by atomic mass is 19.1. The average Bonchev–Trinajstić information content (AvgIpc) is 3.04. The zero-order valence-electron chi connectivity index (χ0n) is 27.8. The fourth-order valence-electron chi connectivity index (χ4n) is 5.63. The topological polar surface area (TPSA) is 132 Å². The van der Waals surface area contributed by atoms with Crippen LogP contribution in [0.4, 0.5) is 27.5 Å². The number of fused-ring (bicyclic) bond motifs is 1. The van der Waals surface area contributed by atoms with E-state index >= 15 is 0 Å². The van der Waals surface area contributed by atoms with Crippen LogP contribution >= 0.6 is 0 Å². The second-order valence-electron chi connectivity index (χ2n) is 11.5. The Kier molecular flexibility index (Phi) is 11.7. The third-order valence-corrected chi connectivity index (χ3v) is 8.03. The van der Waals surface area contributed by atoms with E-state index in [2.05, 4.69) is 37.0 Å². The van der Waals surface area contributed by atoms with Gasteiger partial charge in [0.2, 0.25) is 18.3 Å². The lowest BCUT2D eigenvalue weighted by atomic mass is 9.99. The Morgan fingerprint density at radius 3 is 2.66 bits per heavy atom. The number of methoxy groups -OCH3 is 1. The zero-order chi connectivity index (χ0) is 34.2. The van der Waals surface area contributed by atoms with Crippen molar-refractivity contribution in [1.29, 1.82) is 0 Å². The van der Waals surface area contributed by atoms with Crippen LogP contribution in [0.1, 0.15) is 35.7 Å². The lowest BCUT2D eigenvalue weighted by Gasteiger charge is -2.34. The minimum Gasteiger partial charge on any atom is -0.499 e. The third kappa shape index (κ3) is 8.13. The Hall–Kier alpha value is -4.82. The molecular formula is C33H43FN8O5. The van der Waals surface area contributed by atoms with Gasteiger partial charge in [0.1, 0.15) is 17.1 Å². The van der Waals surface area contributed by atoms with Gasteiger partial charge in [-0.05, 0) is 64.7 Å². The van der Waals surface area contributed by atoms with Gasteiger partial charge in [-0.2, -0.15) is 4.98 Å². The second-order valence-corrected chi connectivity index (χ2v) is 11.5. The molecule has 4 rings (SSSR count). The van der Waals surface area contributed by atoms with E-state index in [0.717, 1.165) is 30.0 Å². The molecule has 14 heteroatoms. The number of ether oxygens (including phenoxy) is 2. The van der Waals surface area contributed by atoms with Gasteiger partial charge >= 0.3 is 5.97 Å². The van der Waals surface area contributed by atoms with Crippen LogP contribution in [0.5, 0.6) is 0 Å².